The highest BCUT2D eigenvalue weighted by molar-refractivity contribution is 6.53. The molecule has 2 aromatic rings. The first-order chi connectivity index (χ1) is 12.3. The molecule has 0 aromatic heterocycles. The van der Waals surface area contributed by atoms with Crippen molar-refractivity contribution in [3.8, 4) is 5.75 Å². The third-order valence-electron chi connectivity index (χ3n) is 4.57. The Morgan fingerprint density at radius 1 is 1.00 bits per heavy atom. The third kappa shape index (κ3) is 2.91. The van der Waals surface area contributed by atoms with E-state index >= 15 is 0 Å². The smallest absolute Gasteiger partial charge is 0.276 e. The van der Waals surface area contributed by atoms with E-state index in [0.717, 1.165) is 48.9 Å². The van der Waals surface area contributed by atoms with Gasteiger partial charge in [0.1, 0.15) is 5.75 Å². The Bertz CT molecular complexity index is 826. The van der Waals surface area contributed by atoms with Gasteiger partial charge in [0.25, 0.3) is 5.91 Å². The molecule has 0 spiro atoms. The summed E-state index contributed by atoms with van der Waals surface area (Å²) >= 11 is 0. The normalized spacial score (nSPS) is 18.3. The molecule has 1 saturated heterocycles. The molecule has 0 unspecified atom stereocenters. The standard InChI is InChI=1S/C19H20N4O2/c1-25-17-9-5-4-8-16(17)22-10-12-23(13-11-22)21-18-14-6-2-3-7-15(14)20-19(18)24/h2-9H,10-13H2,1H3,(H,20,21,24). The Balaban J connectivity index is 1.49. The first-order valence-corrected chi connectivity index (χ1v) is 8.38. The first-order valence-electron chi connectivity index (χ1n) is 8.38. The van der Waals surface area contributed by atoms with Crippen LogP contribution in [0.1, 0.15) is 5.56 Å². The minimum absolute atomic E-state index is 0.131. The number of hydrogen-bond acceptors (Lipinski definition) is 5. The average Bonchev–Trinajstić information content (AvgIpc) is 2.98. The van der Waals surface area contributed by atoms with Crippen LogP contribution in [0.4, 0.5) is 11.4 Å². The summed E-state index contributed by atoms with van der Waals surface area (Å²) in [7, 11) is 1.69. The van der Waals surface area contributed by atoms with Crippen molar-refractivity contribution in [3.05, 3.63) is 54.1 Å². The van der Waals surface area contributed by atoms with Gasteiger partial charge in [-0.05, 0) is 18.2 Å². The van der Waals surface area contributed by atoms with Gasteiger partial charge in [-0.15, -0.1) is 0 Å². The Kier molecular flexibility index (Phi) is 4.01. The number of nitrogens with zero attached hydrogens (tertiary/aromatic N) is 3. The Morgan fingerprint density at radius 2 is 1.72 bits per heavy atom. The number of ether oxygens (including phenoxy) is 1. The molecule has 2 aliphatic rings. The number of carbonyl (C=O) groups is 1. The maximum absolute atomic E-state index is 12.2. The van der Waals surface area contributed by atoms with Gasteiger partial charge >= 0.3 is 0 Å². The molecule has 1 amide bonds. The van der Waals surface area contributed by atoms with E-state index in [0.29, 0.717) is 5.71 Å². The summed E-state index contributed by atoms with van der Waals surface area (Å²) in [6.45, 7) is 3.19. The second-order valence-corrected chi connectivity index (χ2v) is 6.06. The number of methoxy groups -OCH3 is 1. The van der Waals surface area contributed by atoms with Crippen molar-refractivity contribution in [1.82, 2.24) is 5.01 Å². The second-order valence-electron chi connectivity index (χ2n) is 6.06. The summed E-state index contributed by atoms with van der Waals surface area (Å²) in [5.74, 6) is 0.750. The highest BCUT2D eigenvalue weighted by Gasteiger charge is 2.27. The van der Waals surface area contributed by atoms with Crippen molar-refractivity contribution >= 4 is 23.0 Å². The van der Waals surface area contributed by atoms with Gasteiger partial charge in [0.2, 0.25) is 0 Å². The Hall–Kier alpha value is -3.02. The van der Waals surface area contributed by atoms with Crippen LogP contribution in [0.2, 0.25) is 0 Å². The molecule has 2 aromatic carbocycles. The van der Waals surface area contributed by atoms with Crippen molar-refractivity contribution in [1.29, 1.82) is 0 Å². The molecule has 1 N–H and O–H groups in total. The van der Waals surface area contributed by atoms with E-state index in [1.807, 2.05) is 47.5 Å². The molecule has 0 radical (unpaired) electrons. The van der Waals surface area contributed by atoms with Gasteiger partial charge in [-0.25, -0.2) is 0 Å². The number of hydrogen-bond donors (Lipinski definition) is 1. The molecule has 0 atom stereocenters. The lowest BCUT2D eigenvalue weighted by Crippen LogP contribution is -2.44. The zero-order valence-corrected chi connectivity index (χ0v) is 14.1. The van der Waals surface area contributed by atoms with Crippen LogP contribution in [0, 0.1) is 0 Å². The Labute approximate surface area is 146 Å². The van der Waals surface area contributed by atoms with Gasteiger partial charge in [-0.2, -0.15) is 5.10 Å². The van der Waals surface area contributed by atoms with Crippen LogP contribution in [0.5, 0.6) is 5.75 Å². The van der Waals surface area contributed by atoms with Crippen molar-refractivity contribution in [2.24, 2.45) is 5.10 Å². The number of amides is 1. The lowest BCUT2D eigenvalue weighted by molar-refractivity contribution is -0.110. The largest absolute Gasteiger partial charge is 0.495 e. The summed E-state index contributed by atoms with van der Waals surface area (Å²) in [5.41, 5.74) is 3.31. The van der Waals surface area contributed by atoms with Gasteiger partial charge < -0.3 is 15.0 Å². The molecule has 6 nitrogen and oxygen atoms in total. The number of piperazine rings is 1. The quantitative estimate of drug-likeness (QED) is 0.933. The number of rotatable bonds is 3. The number of carbonyl (C=O) groups excluding carboxylic acids is 1. The van der Waals surface area contributed by atoms with E-state index in [2.05, 4.69) is 21.4 Å². The number of para-hydroxylation sites is 3. The first kappa shape index (κ1) is 15.5. The molecule has 2 aliphatic heterocycles. The van der Waals surface area contributed by atoms with Crippen molar-refractivity contribution in [3.63, 3.8) is 0 Å². The minimum Gasteiger partial charge on any atom is -0.495 e. The van der Waals surface area contributed by atoms with Crippen LogP contribution in [-0.4, -0.2) is 49.9 Å². The van der Waals surface area contributed by atoms with Crippen molar-refractivity contribution in [2.45, 2.75) is 0 Å². The molecule has 4 rings (SSSR count). The van der Waals surface area contributed by atoms with Gasteiger partial charge in [-0.3, -0.25) is 9.80 Å². The van der Waals surface area contributed by atoms with Crippen molar-refractivity contribution < 1.29 is 9.53 Å². The molecule has 0 aliphatic carbocycles. The van der Waals surface area contributed by atoms with E-state index in [1.165, 1.54) is 0 Å². The number of anilines is 2. The molecular formula is C19H20N4O2. The van der Waals surface area contributed by atoms with E-state index in [9.17, 15) is 4.79 Å². The lowest BCUT2D eigenvalue weighted by atomic mass is 10.1. The zero-order valence-electron chi connectivity index (χ0n) is 14.1. The molecule has 1 fully saturated rings. The predicted octanol–water partition coefficient (Wildman–Crippen LogP) is 2.17. The molecule has 128 valence electrons. The van der Waals surface area contributed by atoms with Crippen LogP contribution in [-0.2, 0) is 4.79 Å². The predicted molar refractivity (Wildman–Crippen MR) is 98.4 cm³/mol. The highest BCUT2D eigenvalue weighted by atomic mass is 16.5. The van der Waals surface area contributed by atoms with Gasteiger partial charge in [0.05, 0.1) is 31.6 Å². The fraction of sp³-hybridized carbons (Fsp3) is 0.263. The third-order valence-corrected chi connectivity index (χ3v) is 4.57. The van der Waals surface area contributed by atoms with Gasteiger partial charge in [-0.1, -0.05) is 30.3 Å². The number of benzene rings is 2. The van der Waals surface area contributed by atoms with E-state index in [4.69, 9.17) is 4.74 Å². The maximum Gasteiger partial charge on any atom is 0.276 e. The van der Waals surface area contributed by atoms with Crippen LogP contribution in [0.25, 0.3) is 0 Å². The van der Waals surface area contributed by atoms with E-state index < -0.39 is 0 Å². The van der Waals surface area contributed by atoms with Crippen molar-refractivity contribution in [2.75, 3.05) is 43.5 Å². The summed E-state index contributed by atoms with van der Waals surface area (Å²) < 4.78 is 5.45. The SMILES string of the molecule is COc1ccccc1N1CCN(/N=C2/C(=O)Nc3ccccc32)CC1. The monoisotopic (exact) mass is 336 g/mol. The summed E-state index contributed by atoms with van der Waals surface area (Å²) in [6, 6.07) is 15.7. The summed E-state index contributed by atoms with van der Waals surface area (Å²) in [4.78, 5) is 14.5. The molecule has 6 heteroatoms. The maximum atomic E-state index is 12.2. The van der Waals surface area contributed by atoms with E-state index in [1.54, 1.807) is 7.11 Å². The van der Waals surface area contributed by atoms with Gasteiger partial charge in [0.15, 0.2) is 5.71 Å². The highest BCUT2D eigenvalue weighted by Crippen LogP contribution is 2.29. The van der Waals surface area contributed by atoms with Crippen LogP contribution in [0.3, 0.4) is 0 Å². The number of nitrogens with one attached hydrogen (secondary N) is 1. The Morgan fingerprint density at radius 3 is 2.52 bits per heavy atom. The average molecular weight is 336 g/mol. The fourth-order valence-corrected chi connectivity index (χ4v) is 3.27. The van der Waals surface area contributed by atoms with Crippen LogP contribution >= 0.6 is 0 Å². The van der Waals surface area contributed by atoms with E-state index in [-0.39, 0.29) is 5.91 Å². The van der Waals surface area contributed by atoms with Crippen LogP contribution < -0.4 is 15.0 Å². The summed E-state index contributed by atoms with van der Waals surface area (Å²) in [5, 5.41) is 9.45. The zero-order chi connectivity index (χ0) is 17.2. The molecule has 25 heavy (non-hydrogen) atoms. The summed E-state index contributed by atoms with van der Waals surface area (Å²) in [6.07, 6.45) is 0. The van der Waals surface area contributed by atoms with Crippen LogP contribution in [0.15, 0.2) is 53.6 Å². The molecule has 0 saturated carbocycles. The fourth-order valence-electron chi connectivity index (χ4n) is 3.27. The second kappa shape index (κ2) is 6.47. The number of fused-ring (bicyclic) bond motifs is 1. The lowest BCUT2D eigenvalue weighted by Gasteiger charge is -2.35. The minimum atomic E-state index is -0.131. The number of hydrazone groups is 1. The molecule has 2 heterocycles. The molecular weight excluding hydrogens is 316 g/mol. The molecule has 0 bridgehead atoms. The topological polar surface area (TPSA) is 57.2 Å². The van der Waals surface area contributed by atoms with Gasteiger partial charge in [0, 0.05) is 18.7 Å².